The molecule has 2 aromatic rings. The minimum Gasteiger partial charge on any atom is -0.387 e. The molecule has 2 heteroatoms. The van der Waals surface area contributed by atoms with Gasteiger partial charge in [0.25, 0.3) is 0 Å². The lowest BCUT2D eigenvalue weighted by Crippen LogP contribution is -2.27. The standard InChI is InChI=1S/C14H13O2/c15-11-14(16,12-7-3-1-4-8-12)13-9-5-2-6-10-13/h1-11,15-16H. The monoisotopic (exact) mass is 213 g/mol. The van der Waals surface area contributed by atoms with Gasteiger partial charge >= 0.3 is 0 Å². The van der Waals surface area contributed by atoms with Crippen LogP contribution in [0.4, 0.5) is 0 Å². The molecular formula is C14H13O2. The Morgan fingerprint density at radius 1 is 0.750 bits per heavy atom. The molecule has 16 heavy (non-hydrogen) atoms. The summed E-state index contributed by atoms with van der Waals surface area (Å²) in [5.41, 5.74) is -0.157. The highest BCUT2D eigenvalue weighted by Gasteiger charge is 2.30. The zero-order chi connectivity index (χ0) is 11.4. The van der Waals surface area contributed by atoms with Gasteiger partial charge in [0.1, 0.15) is 12.2 Å². The zero-order valence-electron chi connectivity index (χ0n) is 8.75. The van der Waals surface area contributed by atoms with Crippen molar-refractivity contribution in [3.05, 3.63) is 78.4 Å². The predicted octanol–water partition coefficient (Wildman–Crippen LogP) is 2.46. The van der Waals surface area contributed by atoms with Crippen LogP contribution in [-0.4, -0.2) is 10.2 Å². The fourth-order valence-corrected chi connectivity index (χ4v) is 1.70. The summed E-state index contributed by atoms with van der Waals surface area (Å²) in [5, 5.41) is 19.8. The number of hydrogen-bond acceptors (Lipinski definition) is 2. The van der Waals surface area contributed by atoms with E-state index < -0.39 is 5.60 Å². The van der Waals surface area contributed by atoms with Crippen molar-refractivity contribution >= 4 is 0 Å². The van der Waals surface area contributed by atoms with Crippen LogP contribution >= 0.6 is 0 Å². The Balaban J connectivity index is 2.49. The molecule has 81 valence electrons. The lowest BCUT2D eigenvalue weighted by atomic mass is 9.87. The summed E-state index contributed by atoms with van der Waals surface area (Å²) >= 11 is 0. The second-order valence-corrected chi connectivity index (χ2v) is 3.63. The largest absolute Gasteiger partial charge is 0.387 e. The lowest BCUT2D eigenvalue weighted by molar-refractivity contribution is 0.0632. The van der Waals surface area contributed by atoms with Crippen molar-refractivity contribution in [3.8, 4) is 0 Å². The van der Waals surface area contributed by atoms with E-state index in [1.165, 1.54) is 0 Å². The number of benzene rings is 2. The minimum atomic E-state index is -1.44. The van der Waals surface area contributed by atoms with Gasteiger partial charge in [0.2, 0.25) is 0 Å². The third kappa shape index (κ3) is 1.85. The number of rotatable bonds is 3. The Hall–Kier alpha value is -1.64. The molecule has 2 rings (SSSR count). The first-order valence-corrected chi connectivity index (χ1v) is 5.09. The summed E-state index contributed by atoms with van der Waals surface area (Å²) in [6, 6.07) is 18.1. The van der Waals surface area contributed by atoms with Crippen molar-refractivity contribution in [1.29, 1.82) is 0 Å². The number of aliphatic hydroxyl groups is 2. The Bertz CT molecular complexity index is 397. The molecule has 1 radical (unpaired) electrons. The molecule has 0 saturated carbocycles. The first kappa shape index (κ1) is 10.9. The Morgan fingerprint density at radius 2 is 1.12 bits per heavy atom. The van der Waals surface area contributed by atoms with Crippen LogP contribution in [-0.2, 0) is 5.60 Å². The summed E-state index contributed by atoms with van der Waals surface area (Å²) in [6.45, 7) is 0.817. The topological polar surface area (TPSA) is 40.5 Å². The minimum absolute atomic E-state index is 0.642. The van der Waals surface area contributed by atoms with Crippen LogP contribution in [0.15, 0.2) is 60.7 Å². The smallest absolute Gasteiger partial charge is 0.143 e. The van der Waals surface area contributed by atoms with E-state index in [0.717, 1.165) is 6.61 Å². The highest BCUT2D eigenvalue weighted by atomic mass is 16.3. The van der Waals surface area contributed by atoms with E-state index in [0.29, 0.717) is 11.1 Å². The molecule has 0 aliphatic heterocycles. The molecule has 0 atom stereocenters. The second kappa shape index (κ2) is 4.47. The summed E-state index contributed by atoms with van der Waals surface area (Å²) in [7, 11) is 0. The van der Waals surface area contributed by atoms with Crippen LogP contribution in [0.25, 0.3) is 0 Å². The van der Waals surface area contributed by atoms with Crippen molar-refractivity contribution < 1.29 is 10.2 Å². The Kier molecular flexibility index (Phi) is 3.04. The molecule has 0 fully saturated rings. The van der Waals surface area contributed by atoms with Gasteiger partial charge in [-0.15, -0.1) is 0 Å². The molecule has 0 aliphatic rings. The molecule has 0 saturated heterocycles. The Morgan fingerprint density at radius 3 is 1.44 bits per heavy atom. The van der Waals surface area contributed by atoms with Gasteiger partial charge in [-0.25, -0.2) is 0 Å². The van der Waals surface area contributed by atoms with Gasteiger partial charge in [-0.2, -0.15) is 0 Å². The highest BCUT2D eigenvalue weighted by molar-refractivity contribution is 5.37. The SMILES string of the molecule is O[CH]C(O)(c1ccccc1)c1ccccc1. The summed E-state index contributed by atoms with van der Waals surface area (Å²) in [6.07, 6.45) is 0. The van der Waals surface area contributed by atoms with Crippen molar-refractivity contribution in [2.75, 3.05) is 0 Å². The molecule has 0 aliphatic carbocycles. The van der Waals surface area contributed by atoms with E-state index in [4.69, 9.17) is 0 Å². The van der Waals surface area contributed by atoms with Gasteiger partial charge < -0.3 is 10.2 Å². The number of hydrogen-bond donors (Lipinski definition) is 2. The maximum absolute atomic E-state index is 10.5. The molecule has 2 N–H and O–H groups in total. The van der Waals surface area contributed by atoms with Crippen LogP contribution in [0.2, 0.25) is 0 Å². The molecule has 0 bridgehead atoms. The molecule has 0 unspecified atom stereocenters. The molecule has 0 spiro atoms. The summed E-state index contributed by atoms with van der Waals surface area (Å²) in [4.78, 5) is 0. The average Bonchev–Trinajstić information content (AvgIpc) is 2.40. The molecular weight excluding hydrogens is 200 g/mol. The van der Waals surface area contributed by atoms with E-state index in [-0.39, 0.29) is 0 Å². The average molecular weight is 213 g/mol. The first-order chi connectivity index (χ1) is 7.77. The summed E-state index contributed by atoms with van der Waals surface area (Å²) < 4.78 is 0. The molecule has 0 amide bonds. The fourth-order valence-electron chi connectivity index (χ4n) is 1.70. The zero-order valence-corrected chi connectivity index (χ0v) is 8.75. The van der Waals surface area contributed by atoms with Crippen molar-refractivity contribution in [3.63, 3.8) is 0 Å². The van der Waals surface area contributed by atoms with Crippen LogP contribution in [0.5, 0.6) is 0 Å². The van der Waals surface area contributed by atoms with Gasteiger partial charge in [-0.05, 0) is 11.1 Å². The quantitative estimate of drug-likeness (QED) is 0.822. The number of aliphatic hydroxyl groups excluding tert-OH is 1. The predicted molar refractivity (Wildman–Crippen MR) is 62.1 cm³/mol. The van der Waals surface area contributed by atoms with Gasteiger partial charge in [0, 0.05) is 0 Å². The van der Waals surface area contributed by atoms with E-state index in [2.05, 4.69) is 0 Å². The normalized spacial score (nSPS) is 11.4. The molecule has 2 aromatic carbocycles. The molecule has 0 heterocycles. The van der Waals surface area contributed by atoms with Crippen molar-refractivity contribution in [2.24, 2.45) is 0 Å². The van der Waals surface area contributed by atoms with E-state index in [1.807, 2.05) is 36.4 Å². The van der Waals surface area contributed by atoms with E-state index in [1.54, 1.807) is 24.3 Å². The summed E-state index contributed by atoms with van der Waals surface area (Å²) in [5.74, 6) is 0. The lowest BCUT2D eigenvalue weighted by Gasteiger charge is -2.26. The van der Waals surface area contributed by atoms with E-state index in [9.17, 15) is 10.2 Å². The van der Waals surface area contributed by atoms with Gasteiger partial charge in [0.15, 0.2) is 0 Å². The second-order valence-electron chi connectivity index (χ2n) is 3.63. The van der Waals surface area contributed by atoms with Crippen molar-refractivity contribution in [2.45, 2.75) is 5.60 Å². The molecule has 0 aromatic heterocycles. The van der Waals surface area contributed by atoms with E-state index >= 15 is 0 Å². The third-order valence-electron chi connectivity index (χ3n) is 2.61. The maximum atomic E-state index is 10.5. The highest BCUT2D eigenvalue weighted by Crippen LogP contribution is 2.30. The molecule has 2 nitrogen and oxygen atoms in total. The van der Waals surface area contributed by atoms with Crippen LogP contribution in [0.1, 0.15) is 11.1 Å². The Labute approximate surface area is 94.8 Å². The third-order valence-corrected chi connectivity index (χ3v) is 2.61. The van der Waals surface area contributed by atoms with Crippen LogP contribution in [0, 0.1) is 6.61 Å². The maximum Gasteiger partial charge on any atom is 0.143 e. The first-order valence-electron chi connectivity index (χ1n) is 5.09. The van der Waals surface area contributed by atoms with Gasteiger partial charge in [-0.3, -0.25) is 0 Å². The van der Waals surface area contributed by atoms with Gasteiger partial charge in [0.05, 0.1) is 0 Å². The fraction of sp³-hybridized carbons (Fsp3) is 0.0714. The van der Waals surface area contributed by atoms with Crippen LogP contribution < -0.4 is 0 Å². The van der Waals surface area contributed by atoms with Crippen molar-refractivity contribution in [1.82, 2.24) is 0 Å². The van der Waals surface area contributed by atoms with Gasteiger partial charge in [-0.1, -0.05) is 60.7 Å². The van der Waals surface area contributed by atoms with Crippen LogP contribution in [0.3, 0.4) is 0 Å².